The monoisotopic (exact) mass is 217 g/mol. The van der Waals surface area contributed by atoms with Gasteiger partial charge in [0.25, 0.3) is 0 Å². The molecule has 1 aromatic heterocycles. The molecule has 6 heteroatoms. The van der Waals surface area contributed by atoms with Crippen molar-refractivity contribution in [1.82, 2.24) is 9.97 Å². The summed E-state index contributed by atoms with van der Waals surface area (Å²) in [5.41, 5.74) is -0.205. The average molecular weight is 217 g/mol. The van der Waals surface area contributed by atoms with Crippen molar-refractivity contribution in [2.75, 3.05) is 17.9 Å². The molecular weight excluding hydrogens is 193 g/mol. The van der Waals surface area contributed by atoms with Crippen LogP contribution in [0.5, 0.6) is 0 Å². The van der Waals surface area contributed by atoms with E-state index in [0.717, 1.165) is 12.4 Å². The smallest absolute Gasteiger partial charge is 0.423 e. The molecular formula is C9H14BN3O2. The summed E-state index contributed by atoms with van der Waals surface area (Å²) in [6, 6.07) is 0. The second-order valence-corrected chi connectivity index (χ2v) is 2.62. The quantitative estimate of drug-likeness (QED) is 0.631. The van der Waals surface area contributed by atoms with E-state index in [-0.39, 0.29) is 10.4 Å². The lowest BCUT2D eigenvalue weighted by atomic mass is 9.83. The van der Waals surface area contributed by atoms with Gasteiger partial charge in [-0.1, -0.05) is 0 Å². The van der Waals surface area contributed by atoms with Crippen LogP contribution >= 0.6 is 0 Å². The number of hydrogen-bond donors (Lipinski definition) is 2. The van der Waals surface area contributed by atoms with E-state index in [1.54, 1.807) is 0 Å². The molecule has 1 fully saturated rings. The van der Waals surface area contributed by atoms with Crippen molar-refractivity contribution < 1.29 is 23.8 Å². The number of rotatable bonds is 2. The van der Waals surface area contributed by atoms with Gasteiger partial charge in [0.1, 0.15) is 0 Å². The van der Waals surface area contributed by atoms with E-state index in [0.29, 0.717) is 0 Å². The van der Waals surface area contributed by atoms with Crippen molar-refractivity contribution in [1.29, 1.82) is 0 Å². The molecule has 0 bridgehead atoms. The van der Waals surface area contributed by atoms with Crippen molar-refractivity contribution in [2.45, 2.75) is 19.1 Å². The van der Waals surface area contributed by atoms with Crippen LogP contribution in [0.1, 0.15) is 32.8 Å². The first kappa shape index (κ1) is 3.71. The summed E-state index contributed by atoms with van der Waals surface area (Å²) in [7, 11) is -1.95. The van der Waals surface area contributed by atoms with Crippen molar-refractivity contribution >= 4 is 18.5 Å². The van der Waals surface area contributed by atoms with Crippen LogP contribution in [-0.2, 0) is 0 Å². The molecule has 1 aliphatic heterocycles. The first-order chi connectivity index (χ1) is 11.0. The van der Waals surface area contributed by atoms with Crippen LogP contribution < -0.4 is 10.4 Å². The molecule has 2 heterocycles. The van der Waals surface area contributed by atoms with E-state index in [9.17, 15) is 0 Å². The Kier molecular flexibility index (Phi) is 1.14. The second kappa shape index (κ2) is 4.59. The Hall–Kier alpha value is -1.14. The minimum absolute atomic E-state index is 0.00509. The average Bonchev–Trinajstić information content (AvgIpc) is 2.45. The van der Waals surface area contributed by atoms with Gasteiger partial charge in [-0.25, -0.2) is 9.97 Å². The summed E-state index contributed by atoms with van der Waals surface area (Å²) < 4.78 is 78.3. The number of anilines is 1. The third-order valence-corrected chi connectivity index (χ3v) is 1.62. The highest BCUT2D eigenvalue weighted by Gasteiger charge is 2.15. The maximum absolute atomic E-state index is 9.01. The Morgan fingerprint density at radius 2 is 1.80 bits per heavy atom. The molecule has 15 heavy (non-hydrogen) atoms. The van der Waals surface area contributed by atoms with E-state index in [4.69, 9.17) is 23.8 Å². The Morgan fingerprint density at radius 3 is 2.33 bits per heavy atom. The largest absolute Gasteiger partial charge is 0.491 e. The molecule has 0 radical (unpaired) electrons. The zero-order valence-corrected chi connectivity index (χ0v) is 7.47. The Morgan fingerprint density at radius 1 is 1.20 bits per heavy atom. The van der Waals surface area contributed by atoms with E-state index in [2.05, 4.69) is 9.97 Å². The fourth-order valence-corrected chi connectivity index (χ4v) is 0.907. The predicted octanol–water partition coefficient (Wildman–Crippen LogP) is -0.853. The molecule has 1 aliphatic rings. The van der Waals surface area contributed by atoms with E-state index < -0.39 is 45.2 Å². The van der Waals surface area contributed by atoms with Crippen LogP contribution in [0.25, 0.3) is 0 Å². The van der Waals surface area contributed by atoms with E-state index >= 15 is 0 Å². The molecule has 80 valence electrons. The summed E-state index contributed by atoms with van der Waals surface area (Å²) in [5, 5.41) is 18.0. The third-order valence-electron chi connectivity index (χ3n) is 1.62. The van der Waals surface area contributed by atoms with Crippen molar-refractivity contribution in [3.05, 3.63) is 12.4 Å². The van der Waals surface area contributed by atoms with Crippen LogP contribution in [0.2, 0.25) is 0 Å². The molecule has 0 saturated carbocycles. The number of piperidine rings is 1. The molecule has 5 nitrogen and oxygen atoms in total. The molecule has 1 saturated heterocycles. The second-order valence-electron chi connectivity index (χ2n) is 2.62. The molecule has 0 unspecified atom stereocenters. The first-order valence-corrected chi connectivity index (χ1v) is 4.02. The van der Waals surface area contributed by atoms with Crippen LogP contribution in [0.3, 0.4) is 0 Å². The van der Waals surface area contributed by atoms with Crippen LogP contribution in [0.15, 0.2) is 12.4 Å². The normalized spacial score (nSPS) is 43.2. The topological polar surface area (TPSA) is 69.5 Å². The maximum atomic E-state index is 9.01. The van der Waals surface area contributed by atoms with Gasteiger partial charge in [-0.15, -0.1) is 0 Å². The third kappa shape index (κ3) is 2.46. The fraction of sp³-hybridized carbons (Fsp3) is 0.556. The van der Waals surface area contributed by atoms with E-state index in [1.165, 1.54) is 0 Å². The minimum atomic E-state index is -3.52. The van der Waals surface area contributed by atoms with Gasteiger partial charge < -0.3 is 14.9 Å². The van der Waals surface area contributed by atoms with Gasteiger partial charge in [0, 0.05) is 44.6 Å². The Balaban J connectivity index is 2.70. The highest BCUT2D eigenvalue weighted by Crippen LogP contribution is 2.13. The predicted molar refractivity (Wildman–Crippen MR) is 57.9 cm³/mol. The van der Waals surface area contributed by atoms with Gasteiger partial charge in [-0.3, -0.25) is 0 Å². The van der Waals surface area contributed by atoms with E-state index in [1.807, 2.05) is 0 Å². The van der Waals surface area contributed by atoms with Gasteiger partial charge in [-0.2, -0.15) is 0 Å². The maximum Gasteiger partial charge on any atom is 0.491 e. The molecule has 0 atom stereocenters. The summed E-state index contributed by atoms with van der Waals surface area (Å²) in [5.74, 6) is -0.775. The Bertz CT molecular complexity index is 638. The minimum Gasteiger partial charge on any atom is -0.423 e. The number of nitrogens with zero attached hydrogens (tertiary/aromatic N) is 3. The van der Waals surface area contributed by atoms with Gasteiger partial charge in [0.15, 0.2) is 0 Å². The van der Waals surface area contributed by atoms with Gasteiger partial charge in [-0.05, 0) is 19.1 Å². The van der Waals surface area contributed by atoms with Crippen LogP contribution in [0.4, 0.5) is 5.95 Å². The fourth-order valence-electron chi connectivity index (χ4n) is 0.907. The van der Waals surface area contributed by atoms with Gasteiger partial charge in [0.05, 0.1) is 0 Å². The summed E-state index contributed by atoms with van der Waals surface area (Å²) in [4.78, 5) is 7.10. The molecule has 0 amide bonds. The number of hydrogen-bond acceptors (Lipinski definition) is 5. The summed E-state index contributed by atoms with van der Waals surface area (Å²) in [6.45, 7) is -6.74. The zero-order chi connectivity index (χ0) is 19.6. The summed E-state index contributed by atoms with van der Waals surface area (Å²) >= 11 is 0. The Labute approximate surface area is 103 Å². The van der Waals surface area contributed by atoms with Crippen molar-refractivity contribution in [3.8, 4) is 0 Å². The standard InChI is InChI=1S/C9H14BN3O2/c14-10(15)8-6-11-9(12-7-8)13-4-2-1-3-5-13/h6-7,14-15H,1-5H2/i1D2,2D2,3D2,4D2,5D2. The lowest BCUT2D eigenvalue weighted by molar-refractivity contribution is 0.425. The molecule has 2 rings (SSSR count). The van der Waals surface area contributed by atoms with Gasteiger partial charge >= 0.3 is 7.12 Å². The molecule has 2 N–H and O–H groups in total. The summed E-state index contributed by atoms with van der Waals surface area (Å²) in [6.07, 6.45) is -8.83. The molecule has 0 aliphatic carbocycles. The highest BCUT2D eigenvalue weighted by molar-refractivity contribution is 6.58. The first-order valence-electron chi connectivity index (χ1n) is 9.02. The van der Waals surface area contributed by atoms with Gasteiger partial charge in [0.2, 0.25) is 5.95 Å². The number of aromatic nitrogens is 2. The lowest BCUT2D eigenvalue weighted by Gasteiger charge is -2.26. The zero-order valence-electron chi connectivity index (χ0n) is 17.5. The lowest BCUT2D eigenvalue weighted by Crippen LogP contribution is -2.34. The molecule has 0 aromatic carbocycles. The highest BCUT2D eigenvalue weighted by atomic mass is 16.4. The van der Waals surface area contributed by atoms with Crippen molar-refractivity contribution in [2.24, 2.45) is 0 Å². The van der Waals surface area contributed by atoms with Crippen molar-refractivity contribution in [3.63, 3.8) is 0 Å². The molecule has 0 spiro atoms. The van der Waals surface area contributed by atoms with Crippen LogP contribution in [-0.4, -0.2) is 40.1 Å². The van der Waals surface area contributed by atoms with Crippen LogP contribution in [0, 0.1) is 0 Å². The molecule has 1 aromatic rings. The SMILES string of the molecule is [2H]C1([2H])N(c2ncc(B(O)O)cn2)C([2H])([2H])C([2H])([2H])C([2H])([2H])C1([2H])[2H].